The van der Waals surface area contributed by atoms with Crippen LogP contribution in [0.3, 0.4) is 0 Å². The molecular formula is C16H31NO2. The van der Waals surface area contributed by atoms with E-state index in [9.17, 15) is 10.2 Å². The van der Waals surface area contributed by atoms with Gasteiger partial charge in [-0.3, -0.25) is 0 Å². The molecule has 2 aliphatic rings. The summed E-state index contributed by atoms with van der Waals surface area (Å²) in [7, 11) is 0. The molecule has 0 amide bonds. The molecule has 0 bridgehead atoms. The molecule has 19 heavy (non-hydrogen) atoms. The molecule has 0 saturated heterocycles. The second-order valence-corrected chi connectivity index (χ2v) is 6.52. The molecule has 3 nitrogen and oxygen atoms in total. The molecule has 0 aliphatic heterocycles. The first kappa shape index (κ1) is 15.3. The third-order valence-corrected chi connectivity index (χ3v) is 5.49. The highest BCUT2D eigenvalue weighted by molar-refractivity contribution is 5.01. The molecule has 2 aliphatic carbocycles. The van der Waals surface area contributed by atoms with Gasteiger partial charge in [0.2, 0.25) is 0 Å². The third-order valence-electron chi connectivity index (χ3n) is 5.49. The van der Waals surface area contributed by atoms with E-state index >= 15 is 0 Å². The predicted molar refractivity (Wildman–Crippen MR) is 78.1 cm³/mol. The van der Waals surface area contributed by atoms with Crippen molar-refractivity contribution in [1.82, 2.24) is 5.32 Å². The monoisotopic (exact) mass is 269 g/mol. The Bertz CT molecular complexity index is 227. The Kier molecular flexibility index (Phi) is 6.11. The largest absolute Gasteiger partial charge is 0.395 e. The quantitative estimate of drug-likeness (QED) is 0.694. The van der Waals surface area contributed by atoms with E-state index < -0.39 is 0 Å². The van der Waals surface area contributed by atoms with Crippen LogP contribution in [-0.4, -0.2) is 35.5 Å². The molecule has 2 fully saturated rings. The summed E-state index contributed by atoms with van der Waals surface area (Å²) in [6.45, 7) is 1.02. The summed E-state index contributed by atoms with van der Waals surface area (Å²) in [5, 5.41) is 22.9. The highest BCUT2D eigenvalue weighted by Crippen LogP contribution is 2.42. The Hall–Kier alpha value is -0.120. The molecule has 2 rings (SSSR count). The van der Waals surface area contributed by atoms with Crippen LogP contribution in [0.2, 0.25) is 0 Å². The van der Waals surface area contributed by atoms with E-state index in [0.29, 0.717) is 18.4 Å². The molecule has 3 N–H and O–H groups in total. The van der Waals surface area contributed by atoms with Gasteiger partial charge in [0.05, 0.1) is 13.2 Å². The summed E-state index contributed by atoms with van der Waals surface area (Å²) >= 11 is 0. The van der Waals surface area contributed by atoms with Crippen LogP contribution in [0, 0.1) is 11.8 Å². The minimum absolute atomic E-state index is 0.121. The zero-order valence-corrected chi connectivity index (χ0v) is 12.2. The van der Waals surface area contributed by atoms with Crippen LogP contribution < -0.4 is 5.32 Å². The fourth-order valence-electron chi connectivity index (χ4n) is 4.46. The lowest BCUT2D eigenvalue weighted by Crippen LogP contribution is -2.60. The fraction of sp³-hybridized carbons (Fsp3) is 1.00. The molecule has 0 unspecified atom stereocenters. The van der Waals surface area contributed by atoms with Gasteiger partial charge in [0.25, 0.3) is 0 Å². The third kappa shape index (κ3) is 3.50. The van der Waals surface area contributed by atoms with Crippen molar-refractivity contribution in [3.8, 4) is 0 Å². The van der Waals surface area contributed by atoms with Gasteiger partial charge in [0, 0.05) is 12.1 Å². The van der Waals surface area contributed by atoms with Crippen molar-refractivity contribution in [3.05, 3.63) is 0 Å². The Morgan fingerprint density at radius 3 is 1.63 bits per heavy atom. The van der Waals surface area contributed by atoms with Gasteiger partial charge in [-0.25, -0.2) is 0 Å². The SMILES string of the molecule is OCCNC(CO)(C1CCCCC1)C1CCCCC1. The van der Waals surface area contributed by atoms with Crippen molar-refractivity contribution in [2.45, 2.75) is 69.7 Å². The standard InChI is InChI=1S/C16H31NO2/c18-12-11-17-16(13-19,14-7-3-1-4-8-14)15-9-5-2-6-10-15/h14-15,17-19H,1-13H2. The van der Waals surface area contributed by atoms with Gasteiger partial charge in [-0.2, -0.15) is 0 Å². The summed E-state index contributed by atoms with van der Waals surface area (Å²) in [6, 6.07) is 0. The van der Waals surface area contributed by atoms with Crippen LogP contribution in [0.1, 0.15) is 64.2 Å². The predicted octanol–water partition coefficient (Wildman–Crippen LogP) is 2.46. The van der Waals surface area contributed by atoms with E-state index in [1.54, 1.807) is 0 Å². The van der Waals surface area contributed by atoms with Gasteiger partial charge >= 0.3 is 0 Å². The Morgan fingerprint density at radius 1 is 0.789 bits per heavy atom. The first-order valence-electron chi connectivity index (χ1n) is 8.30. The Morgan fingerprint density at radius 2 is 1.26 bits per heavy atom. The van der Waals surface area contributed by atoms with E-state index in [1.165, 1.54) is 64.2 Å². The number of nitrogens with one attached hydrogen (secondary N) is 1. The normalized spacial score (nSPS) is 23.7. The van der Waals surface area contributed by atoms with Gasteiger partial charge in [-0.15, -0.1) is 0 Å². The summed E-state index contributed by atoms with van der Waals surface area (Å²) in [5.74, 6) is 1.20. The van der Waals surface area contributed by atoms with Crippen molar-refractivity contribution < 1.29 is 10.2 Å². The molecular weight excluding hydrogens is 238 g/mol. The average molecular weight is 269 g/mol. The number of rotatable bonds is 6. The average Bonchev–Trinajstić information content (AvgIpc) is 2.51. The molecule has 0 aromatic rings. The number of aliphatic hydroxyl groups excluding tert-OH is 2. The first-order valence-corrected chi connectivity index (χ1v) is 8.30. The van der Waals surface area contributed by atoms with Crippen molar-refractivity contribution >= 4 is 0 Å². The van der Waals surface area contributed by atoms with Crippen molar-refractivity contribution in [2.75, 3.05) is 19.8 Å². The van der Waals surface area contributed by atoms with Gasteiger partial charge in [0.1, 0.15) is 0 Å². The van der Waals surface area contributed by atoms with Gasteiger partial charge in [-0.05, 0) is 37.5 Å². The summed E-state index contributed by atoms with van der Waals surface area (Å²) in [4.78, 5) is 0. The van der Waals surface area contributed by atoms with Crippen LogP contribution in [-0.2, 0) is 0 Å². The maximum atomic E-state index is 10.2. The lowest BCUT2D eigenvalue weighted by atomic mass is 9.64. The molecule has 0 spiro atoms. The zero-order valence-electron chi connectivity index (χ0n) is 12.2. The first-order chi connectivity index (χ1) is 9.33. The Labute approximate surface area is 117 Å². The minimum Gasteiger partial charge on any atom is -0.395 e. The lowest BCUT2D eigenvalue weighted by molar-refractivity contribution is 0.0130. The van der Waals surface area contributed by atoms with E-state index in [-0.39, 0.29) is 18.8 Å². The minimum atomic E-state index is -0.121. The summed E-state index contributed by atoms with van der Waals surface area (Å²) < 4.78 is 0. The molecule has 112 valence electrons. The van der Waals surface area contributed by atoms with E-state index in [1.807, 2.05) is 0 Å². The number of hydrogen-bond donors (Lipinski definition) is 3. The molecule has 3 heteroatoms. The van der Waals surface area contributed by atoms with Gasteiger partial charge in [0.15, 0.2) is 0 Å². The molecule has 0 heterocycles. The lowest BCUT2D eigenvalue weighted by Gasteiger charge is -2.49. The highest BCUT2D eigenvalue weighted by Gasteiger charge is 2.44. The highest BCUT2D eigenvalue weighted by atomic mass is 16.3. The summed E-state index contributed by atoms with van der Waals surface area (Å²) in [6.07, 6.45) is 12.9. The van der Waals surface area contributed by atoms with Crippen LogP contribution >= 0.6 is 0 Å². The van der Waals surface area contributed by atoms with E-state index in [0.717, 1.165) is 0 Å². The topological polar surface area (TPSA) is 52.5 Å². The number of aliphatic hydroxyl groups is 2. The number of β-amino-alcohol motifs (C(OH)–C–C–N with tert-alkyl or cyclic N) is 1. The molecule has 0 aromatic heterocycles. The van der Waals surface area contributed by atoms with Gasteiger partial charge < -0.3 is 15.5 Å². The molecule has 0 atom stereocenters. The summed E-state index contributed by atoms with van der Waals surface area (Å²) in [5.41, 5.74) is -0.121. The Balaban J connectivity index is 2.12. The van der Waals surface area contributed by atoms with Crippen molar-refractivity contribution in [2.24, 2.45) is 11.8 Å². The van der Waals surface area contributed by atoms with Crippen molar-refractivity contribution in [3.63, 3.8) is 0 Å². The van der Waals surface area contributed by atoms with Gasteiger partial charge in [-0.1, -0.05) is 38.5 Å². The molecule has 2 saturated carbocycles. The molecule has 0 radical (unpaired) electrons. The smallest absolute Gasteiger partial charge is 0.0618 e. The van der Waals surface area contributed by atoms with E-state index in [4.69, 9.17) is 0 Å². The van der Waals surface area contributed by atoms with Crippen molar-refractivity contribution in [1.29, 1.82) is 0 Å². The van der Waals surface area contributed by atoms with Crippen LogP contribution in [0.4, 0.5) is 0 Å². The second-order valence-electron chi connectivity index (χ2n) is 6.52. The number of hydrogen-bond acceptors (Lipinski definition) is 3. The fourth-order valence-corrected chi connectivity index (χ4v) is 4.46. The maximum absolute atomic E-state index is 10.2. The van der Waals surface area contributed by atoms with Crippen LogP contribution in [0.15, 0.2) is 0 Å². The van der Waals surface area contributed by atoms with Crippen LogP contribution in [0.25, 0.3) is 0 Å². The second kappa shape index (κ2) is 7.61. The zero-order chi connectivity index (χ0) is 13.6. The molecule has 0 aromatic carbocycles. The van der Waals surface area contributed by atoms with E-state index in [2.05, 4.69) is 5.32 Å². The maximum Gasteiger partial charge on any atom is 0.0618 e. The van der Waals surface area contributed by atoms with Crippen LogP contribution in [0.5, 0.6) is 0 Å².